The number of thiophene rings is 1. The first-order chi connectivity index (χ1) is 22.8. The highest BCUT2D eigenvalue weighted by atomic mass is 32.1. The summed E-state index contributed by atoms with van der Waals surface area (Å²) >= 11 is 1.81. The molecular formula is C42H24N2OS. The van der Waals surface area contributed by atoms with Crippen molar-refractivity contribution >= 4 is 75.1 Å². The Morgan fingerprint density at radius 2 is 1.24 bits per heavy atom. The molecule has 0 aliphatic heterocycles. The Balaban J connectivity index is 1.17. The van der Waals surface area contributed by atoms with Crippen LogP contribution in [-0.2, 0) is 0 Å². The van der Waals surface area contributed by atoms with Crippen molar-refractivity contribution in [3.05, 3.63) is 146 Å². The van der Waals surface area contributed by atoms with Crippen molar-refractivity contribution in [1.82, 2.24) is 9.97 Å². The van der Waals surface area contributed by atoms with Gasteiger partial charge in [-0.3, -0.25) is 0 Å². The summed E-state index contributed by atoms with van der Waals surface area (Å²) in [5.74, 6) is 0.729. The van der Waals surface area contributed by atoms with Gasteiger partial charge >= 0.3 is 0 Å². The summed E-state index contributed by atoms with van der Waals surface area (Å²) in [5, 5.41) is 8.14. The first-order valence-electron chi connectivity index (χ1n) is 15.4. The molecule has 0 aliphatic carbocycles. The molecular weight excluding hydrogens is 581 g/mol. The van der Waals surface area contributed by atoms with E-state index in [0.29, 0.717) is 0 Å². The van der Waals surface area contributed by atoms with E-state index >= 15 is 0 Å². The Hall–Kier alpha value is -5.84. The molecule has 0 atom stereocenters. The van der Waals surface area contributed by atoms with Gasteiger partial charge in [0.05, 0.1) is 11.2 Å². The second kappa shape index (κ2) is 9.83. The fraction of sp³-hybridized carbons (Fsp3) is 0. The molecule has 10 rings (SSSR count). The summed E-state index contributed by atoms with van der Waals surface area (Å²) < 4.78 is 9.03. The number of aromatic nitrogens is 2. The maximum atomic E-state index is 6.50. The van der Waals surface area contributed by atoms with Crippen LogP contribution in [0, 0.1) is 0 Å². The largest absolute Gasteiger partial charge is 0.455 e. The summed E-state index contributed by atoms with van der Waals surface area (Å²) in [5.41, 5.74) is 8.00. The van der Waals surface area contributed by atoms with E-state index in [9.17, 15) is 0 Å². The lowest BCUT2D eigenvalue weighted by Gasteiger charge is -2.12. The first kappa shape index (κ1) is 25.5. The lowest BCUT2D eigenvalue weighted by atomic mass is 9.94. The van der Waals surface area contributed by atoms with Crippen molar-refractivity contribution in [2.75, 3.05) is 0 Å². The van der Waals surface area contributed by atoms with Crippen LogP contribution in [0.25, 0.3) is 97.6 Å². The van der Waals surface area contributed by atoms with Crippen LogP contribution in [0.4, 0.5) is 0 Å². The molecule has 0 bridgehead atoms. The minimum atomic E-state index is 0.729. The van der Waals surface area contributed by atoms with Crippen LogP contribution in [0.2, 0.25) is 0 Å². The number of rotatable bonds is 3. The molecule has 3 aromatic heterocycles. The molecule has 0 radical (unpaired) electrons. The average molecular weight is 605 g/mol. The lowest BCUT2D eigenvalue weighted by molar-refractivity contribution is 0.673. The summed E-state index contributed by atoms with van der Waals surface area (Å²) in [4.78, 5) is 10.3. The van der Waals surface area contributed by atoms with Gasteiger partial charge in [-0.05, 0) is 52.9 Å². The second-order valence-corrected chi connectivity index (χ2v) is 12.8. The van der Waals surface area contributed by atoms with Crippen molar-refractivity contribution < 1.29 is 4.42 Å². The molecule has 0 fully saturated rings. The van der Waals surface area contributed by atoms with E-state index < -0.39 is 0 Å². The predicted molar refractivity (Wildman–Crippen MR) is 194 cm³/mol. The molecule has 10 aromatic rings. The average Bonchev–Trinajstić information content (AvgIpc) is 3.69. The number of hydrogen-bond donors (Lipinski definition) is 0. The van der Waals surface area contributed by atoms with E-state index in [0.717, 1.165) is 77.4 Å². The fourth-order valence-electron chi connectivity index (χ4n) is 6.92. The molecule has 0 amide bonds. The number of furan rings is 1. The number of nitrogens with zero attached hydrogens (tertiary/aromatic N) is 2. The standard InChI is InChI=1S/C42H24N2OS/c1-4-16-35-34(14-1)40(44-42(43-35)28-20-21-32-31-13-3-6-18-37(31)46-38(32)24-28)27-11-7-10-26(23-27)29-15-8-9-25-19-22-33-30-12-2-5-17-36(30)45-41(33)39(25)29/h1-24H. The molecule has 4 heteroatoms. The Morgan fingerprint density at radius 3 is 2.20 bits per heavy atom. The third-order valence-corrected chi connectivity index (χ3v) is 10.2. The van der Waals surface area contributed by atoms with Gasteiger partial charge in [0, 0.05) is 52.8 Å². The third-order valence-electron chi connectivity index (χ3n) is 9.07. The van der Waals surface area contributed by atoms with Crippen molar-refractivity contribution in [3.8, 4) is 33.8 Å². The molecule has 0 saturated heterocycles. The van der Waals surface area contributed by atoms with Crippen LogP contribution in [0.15, 0.2) is 150 Å². The van der Waals surface area contributed by atoms with Gasteiger partial charge in [-0.15, -0.1) is 11.3 Å². The zero-order valence-corrected chi connectivity index (χ0v) is 25.4. The highest BCUT2D eigenvalue weighted by Gasteiger charge is 2.17. The highest BCUT2D eigenvalue weighted by Crippen LogP contribution is 2.41. The minimum Gasteiger partial charge on any atom is -0.455 e. The number of hydrogen-bond acceptors (Lipinski definition) is 4. The van der Waals surface area contributed by atoms with Crippen molar-refractivity contribution in [2.45, 2.75) is 0 Å². The molecule has 0 saturated carbocycles. The van der Waals surface area contributed by atoms with E-state index in [-0.39, 0.29) is 0 Å². The van der Waals surface area contributed by atoms with Crippen molar-refractivity contribution in [2.24, 2.45) is 0 Å². The quantitative estimate of drug-likeness (QED) is 0.201. The maximum absolute atomic E-state index is 6.50. The van der Waals surface area contributed by atoms with E-state index in [1.165, 1.54) is 20.2 Å². The van der Waals surface area contributed by atoms with Crippen molar-refractivity contribution in [3.63, 3.8) is 0 Å². The van der Waals surface area contributed by atoms with Crippen LogP contribution in [0.1, 0.15) is 0 Å². The van der Waals surface area contributed by atoms with Crippen LogP contribution in [-0.4, -0.2) is 9.97 Å². The van der Waals surface area contributed by atoms with Gasteiger partial charge in [-0.2, -0.15) is 0 Å². The van der Waals surface area contributed by atoms with Gasteiger partial charge in [0.15, 0.2) is 5.82 Å². The van der Waals surface area contributed by atoms with Crippen LogP contribution < -0.4 is 0 Å². The van der Waals surface area contributed by atoms with E-state index in [1.807, 2.05) is 29.5 Å². The van der Waals surface area contributed by atoms with E-state index in [1.54, 1.807) is 0 Å². The van der Waals surface area contributed by atoms with Gasteiger partial charge in [0.25, 0.3) is 0 Å². The smallest absolute Gasteiger partial charge is 0.160 e. The molecule has 0 unspecified atom stereocenters. The van der Waals surface area contributed by atoms with Crippen LogP contribution in [0.3, 0.4) is 0 Å². The molecule has 0 spiro atoms. The van der Waals surface area contributed by atoms with E-state index in [4.69, 9.17) is 14.4 Å². The van der Waals surface area contributed by atoms with Gasteiger partial charge in [-0.25, -0.2) is 9.97 Å². The summed E-state index contributed by atoms with van der Waals surface area (Å²) in [6.45, 7) is 0. The van der Waals surface area contributed by atoms with Gasteiger partial charge in [0.1, 0.15) is 11.2 Å². The second-order valence-electron chi connectivity index (χ2n) is 11.7. The van der Waals surface area contributed by atoms with Crippen LogP contribution >= 0.6 is 11.3 Å². The number of benzene rings is 7. The van der Waals surface area contributed by atoms with Gasteiger partial charge in [-0.1, -0.05) is 109 Å². The minimum absolute atomic E-state index is 0.729. The maximum Gasteiger partial charge on any atom is 0.160 e. The molecule has 3 nitrogen and oxygen atoms in total. The summed E-state index contributed by atoms with van der Waals surface area (Å²) in [6, 6.07) is 51.3. The lowest BCUT2D eigenvalue weighted by Crippen LogP contribution is -1.95. The zero-order chi connectivity index (χ0) is 30.2. The molecule has 214 valence electrons. The molecule has 3 heterocycles. The summed E-state index contributed by atoms with van der Waals surface area (Å²) in [6.07, 6.45) is 0. The van der Waals surface area contributed by atoms with Crippen LogP contribution in [0.5, 0.6) is 0 Å². The fourth-order valence-corrected chi connectivity index (χ4v) is 8.06. The SMILES string of the molecule is c1cc(-c2nc(-c3ccc4c(c3)sc3ccccc34)nc3ccccc23)cc(-c2cccc3ccc4c5ccccc5oc4c23)c1. The summed E-state index contributed by atoms with van der Waals surface area (Å²) in [7, 11) is 0. The number of para-hydroxylation sites is 2. The van der Waals surface area contributed by atoms with Gasteiger partial charge < -0.3 is 4.42 Å². The normalized spacial score (nSPS) is 11.9. The molecule has 0 aliphatic rings. The topological polar surface area (TPSA) is 38.9 Å². The molecule has 7 aromatic carbocycles. The number of fused-ring (bicyclic) bond motifs is 9. The van der Waals surface area contributed by atoms with Crippen molar-refractivity contribution in [1.29, 1.82) is 0 Å². The predicted octanol–water partition coefficient (Wildman–Crippen LogP) is 12.1. The molecule has 0 N–H and O–H groups in total. The third kappa shape index (κ3) is 3.84. The Labute approximate surface area is 268 Å². The zero-order valence-electron chi connectivity index (χ0n) is 24.6. The van der Waals surface area contributed by atoms with E-state index in [2.05, 4.69) is 127 Å². The highest BCUT2D eigenvalue weighted by molar-refractivity contribution is 7.25. The Morgan fingerprint density at radius 1 is 0.478 bits per heavy atom. The monoisotopic (exact) mass is 604 g/mol. The first-order valence-corrected chi connectivity index (χ1v) is 16.2. The molecule has 46 heavy (non-hydrogen) atoms. The van der Waals surface area contributed by atoms with Gasteiger partial charge in [0.2, 0.25) is 0 Å². The Kier molecular flexibility index (Phi) is 5.45. The Bertz CT molecular complexity index is 2830.